The topological polar surface area (TPSA) is 30.9 Å². The van der Waals surface area contributed by atoms with Crippen molar-refractivity contribution in [2.45, 2.75) is 38.3 Å². The van der Waals surface area contributed by atoms with Gasteiger partial charge in [-0.3, -0.25) is 0 Å². The minimum absolute atomic E-state index is 0.507. The number of benzene rings is 1. The zero-order valence-corrected chi connectivity index (χ0v) is 12.8. The lowest BCUT2D eigenvalue weighted by molar-refractivity contribution is 0.0995. The van der Waals surface area contributed by atoms with E-state index in [1.54, 1.807) is 0 Å². The lowest BCUT2D eigenvalue weighted by Gasteiger charge is -2.21. The number of ether oxygens (including phenoxy) is 3. The molecule has 2 aliphatic rings. The number of hydrogen-bond donors (Lipinski definition) is 0. The molecule has 0 spiro atoms. The minimum Gasteiger partial charge on any atom is -0.486 e. The van der Waals surface area contributed by atoms with Crippen LogP contribution in [0, 0.1) is 0 Å². The van der Waals surface area contributed by atoms with Gasteiger partial charge in [0, 0.05) is 13.2 Å². The molecule has 1 unspecified atom stereocenters. The summed E-state index contributed by atoms with van der Waals surface area (Å²) in [5, 5.41) is 0. The molecular weight excluding hydrogens is 266 g/mol. The molecule has 0 aliphatic carbocycles. The standard InChI is InChI=1S/C17H25NO3/c1-18(8-2-4-15-5-3-9-19-15)13-14-6-7-16-17(12-14)21-11-10-20-16/h6-7,12,15H,2-5,8-11,13H2,1H3. The first-order chi connectivity index (χ1) is 10.3. The Morgan fingerprint density at radius 2 is 2.00 bits per heavy atom. The van der Waals surface area contributed by atoms with E-state index >= 15 is 0 Å². The molecule has 1 aromatic rings. The fraction of sp³-hybridized carbons (Fsp3) is 0.647. The Hall–Kier alpha value is -1.26. The summed E-state index contributed by atoms with van der Waals surface area (Å²) in [4.78, 5) is 2.36. The molecule has 1 fully saturated rings. The zero-order chi connectivity index (χ0) is 14.5. The van der Waals surface area contributed by atoms with Crippen LogP contribution in [-0.2, 0) is 11.3 Å². The van der Waals surface area contributed by atoms with Gasteiger partial charge < -0.3 is 19.1 Å². The molecule has 116 valence electrons. The van der Waals surface area contributed by atoms with E-state index in [9.17, 15) is 0 Å². The minimum atomic E-state index is 0.507. The normalized spacial score (nSPS) is 21.0. The van der Waals surface area contributed by atoms with Gasteiger partial charge >= 0.3 is 0 Å². The monoisotopic (exact) mass is 291 g/mol. The molecule has 1 saturated heterocycles. The number of hydrogen-bond acceptors (Lipinski definition) is 4. The van der Waals surface area contributed by atoms with Gasteiger partial charge in [0.15, 0.2) is 11.5 Å². The molecule has 2 aliphatic heterocycles. The van der Waals surface area contributed by atoms with Crippen molar-refractivity contribution in [3.63, 3.8) is 0 Å². The second kappa shape index (κ2) is 7.14. The van der Waals surface area contributed by atoms with Crippen LogP contribution in [0.3, 0.4) is 0 Å². The van der Waals surface area contributed by atoms with Crippen LogP contribution in [0.25, 0.3) is 0 Å². The largest absolute Gasteiger partial charge is 0.486 e. The van der Waals surface area contributed by atoms with Crippen molar-refractivity contribution in [1.82, 2.24) is 4.90 Å². The number of fused-ring (bicyclic) bond motifs is 1. The van der Waals surface area contributed by atoms with Crippen molar-refractivity contribution in [1.29, 1.82) is 0 Å². The zero-order valence-electron chi connectivity index (χ0n) is 12.8. The maximum atomic E-state index is 5.67. The van der Waals surface area contributed by atoms with Crippen LogP contribution in [0.5, 0.6) is 11.5 Å². The van der Waals surface area contributed by atoms with Gasteiger partial charge in [-0.05, 0) is 57.0 Å². The van der Waals surface area contributed by atoms with Crippen molar-refractivity contribution in [3.05, 3.63) is 23.8 Å². The SMILES string of the molecule is CN(CCCC1CCCO1)Cc1ccc2c(c1)OCCO2. The molecule has 0 aromatic heterocycles. The van der Waals surface area contributed by atoms with E-state index in [2.05, 4.69) is 24.1 Å². The van der Waals surface area contributed by atoms with Gasteiger partial charge in [0.25, 0.3) is 0 Å². The van der Waals surface area contributed by atoms with E-state index in [4.69, 9.17) is 14.2 Å². The molecular formula is C17H25NO3. The summed E-state index contributed by atoms with van der Waals surface area (Å²) in [7, 11) is 2.17. The smallest absolute Gasteiger partial charge is 0.161 e. The summed E-state index contributed by atoms with van der Waals surface area (Å²) in [6.45, 7) is 4.30. The fourth-order valence-corrected chi connectivity index (χ4v) is 3.04. The Balaban J connectivity index is 1.44. The highest BCUT2D eigenvalue weighted by molar-refractivity contribution is 5.43. The van der Waals surface area contributed by atoms with Gasteiger partial charge in [0.2, 0.25) is 0 Å². The van der Waals surface area contributed by atoms with E-state index < -0.39 is 0 Å². The molecule has 0 bridgehead atoms. The van der Waals surface area contributed by atoms with Crippen LogP contribution in [-0.4, -0.2) is 44.4 Å². The second-order valence-corrected chi connectivity index (χ2v) is 5.99. The lowest BCUT2D eigenvalue weighted by Crippen LogP contribution is -2.21. The van der Waals surface area contributed by atoms with Gasteiger partial charge in [0.1, 0.15) is 13.2 Å². The first-order valence-electron chi connectivity index (χ1n) is 8.00. The van der Waals surface area contributed by atoms with E-state index in [1.165, 1.54) is 31.2 Å². The molecule has 4 nitrogen and oxygen atoms in total. The van der Waals surface area contributed by atoms with Gasteiger partial charge in [0.05, 0.1) is 6.10 Å². The summed E-state index contributed by atoms with van der Waals surface area (Å²) >= 11 is 0. The van der Waals surface area contributed by atoms with Crippen LogP contribution in [0.1, 0.15) is 31.2 Å². The van der Waals surface area contributed by atoms with Crippen LogP contribution < -0.4 is 9.47 Å². The Kier molecular flexibility index (Phi) is 4.99. The Morgan fingerprint density at radius 3 is 2.81 bits per heavy atom. The number of nitrogens with zero attached hydrogens (tertiary/aromatic N) is 1. The van der Waals surface area contributed by atoms with Gasteiger partial charge in [-0.2, -0.15) is 0 Å². The molecule has 0 amide bonds. The van der Waals surface area contributed by atoms with E-state index in [-0.39, 0.29) is 0 Å². The Morgan fingerprint density at radius 1 is 1.14 bits per heavy atom. The van der Waals surface area contributed by atoms with E-state index in [1.807, 2.05) is 6.07 Å². The van der Waals surface area contributed by atoms with Crippen molar-refractivity contribution < 1.29 is 14.2 Å². The molecule has 2 heterocycles. The summed E-state index contributed by atoms with van der Waals surface area (Å²) < 4.78 is 16.9. The second-order valence-electron chi connectivity index (χ2n) is 5.99. The number of rotatable bonds is 6. The molecule has 3 rings (SSSR count). The molecule has 21 heavy (non-hydrogen) atoms. The van der Waals surface area contributed by atoms with Gasteiger partial charge in [-0.15, -0.1) is 0 Å². The van der Waals surface area contributed by atoms with Crippen molar-refractivity contribution in [2.24, 2.45) is 0 Å². The molecule has 1 atom stereocenters. The maximum Gasteiger partial charge on any atom is 0.161 e. The molecule has 0 saturated carbocycles. The highest BCUT2D eigenvalue weighted by Gasteiger charge is 2.15. The van der Waals surface area contributed by atoms with Crippen molar-refractivity contribution in [2.75, 3.05) is 33.4 Å². The first kappa shape index (κ1) is 14.7. The lowest BCUT2D eigenvalue weighted by atomic mass is 10.1. The average molecular weight is 291 g/mol. The molecule has 0 N–H and O–H groups in total. The average Bonchev–Trinajstić information content (AvgIpc) is 3.00. The van der Waals surface area contributed by atoms with Crippen LogP contribution in [0.15, 0.2) is 18.2 Å². The Bertz CT molecular complexity index is 457. The quantitative estimate of drug-likeness (QED) is 0.806. The third-order valence-electron chi connectivity index (χ3n) is 4.15. The summed E-state index contributed by atoms with van der Waals surface area (Å²) in [6, 6.07) is 6.25. The molecule has 1 aromatic carbocycles. The summed E-state index contributed by atoms with van der Waals surface area (Å²) in [5.41, 5.74) is 1.28. The summed E-state index contributed by atoms with van der Waals surface area (Å²) in [6.07, 6.45) is 5.37. The summed E-state index contributed by atoms with van der Waals surface area (Å²) in [5.74, 6) is 1.75. The molecule has 4 heteroatoms. The first-order valence-corrected chi connectivity index (χ1v) is 8.00. The molecule has 0 radical (unpaired) electrons. The highest BCUT2D eigenvalue weighted by atomic mass is 16.6. The predicted molar refractivity (Wildman–Crippen MR) is 82.0 cm³/mol. The third kappa shape index (κ3) is 4.11. The van der Waals surface area contributed by atoms with Crippen molar-refractivity contribution in [3.8, 4) is 11.5 Å². The van der Waals surface area contributed by atoms with E-state index in [0.717, 1.165) is 31.2 Å². The van der Waals surface area contributed by atoms with Crippen LogP contribution >= 0.6 is 0 Å². The third-order valence-corrected chi connectivity index (χ3v) is 4.15. The fourth-order valence-electron chi connectivity index (χ4n) is 3.04. The van der Waals surface area contributed by atoms with Crippen LogP contribution in [0.4, 0.5) is 0 Å². The van der Waals surface area contributed by atoms with Crippen LogP contribution in [0.2, 0.25) is 0 Å². The predicted octanol–water partition coefficient (Wildman–Crippen LogP) is 2.85. The van der Waals surface area contributed by atoms with Crippen molar-refractivity contribution >= 4 is 0 Å². The van der Waals surface area contributed by atoms with Gasteiger partial charge in [-0.1, -0.05) is 6.07 Å². The highest BCUT2D eigenvalue weighted by Crippen LogP contribution is 2.31. The van der Waals surface area contributed by atoms with Gasteiger partial charge in [-0.25, -0.2) is 0 Å². The maximum absolute atomic E-state index is 5.67. The van der Waals surface area contributed by atoms with E-state index in [0.29, 0.717) is 19.3 Å². The Labute approximate surface area is 127 Å².